The molecule has 1 aromatic heterocycles. The fraction of sp³-hybridized carbons (Fsp3) is 0.474. The predicted octanol–water partition coefficient (Wildman–Crippen LogP) is 3.54. The molecule has 0 saturated carbocycles. The van der Waals surface area contributed by atoms with Gasteiger partial charge in [-0.25, -0.2) is 0 Å². The summed E-state index contributed by atoms with van der Waals surface area (Å²) in [5.41, 5.74) is 2.26. The highest BCUT2D eigenvalue weighted by molar-refractivity contribution is 5.82. The molecule has 1 N–H and O–H groups in total. The maximum Gasteiger partial charge on any atom is 0.194 e. The summed E-state index contributed by atoms with van der Waals surface area (Å²) >= 11 is 0. The monoisotopic (exact) mass is 326 g/mol. The van der Waals surface area contributed by atoms with Gasteiger partial charge in [-0.1, -0.05) is 49.3 Å². The van der Waals surface area contributed by atoms with Crippen molar-refractivity contribution < 1.29 is 4.52 Å². The van der Waals surface area contributed by atoms with E-state index in [1.54, 1.807) is 0 Å². The highest BCUT2D eigenvalue weighted by Crippen LogP contribution is 2.46. The largest absolute Gasteiger partial charge is 0.356 e. The molecule has 128 valence electrons. The van der Waals surface area contributed by atoms with E-state index < -0.39 is 0 Å². The second-order valence-electron chi connectivity index (χ2n) is 7.48. The molecule has 3 rings (SSSR count). The van der Waals surface area contributed by atoms with Crippen LogP contribution in [0.25, 0.3) is 11.3 Å². The fourth-order valence-corrected chi connectivity index (χ4v) is 3.00. The molecular formula is C19H26N4O. The lowest BCUT2D eigenvalue weighted by Gasteiger charge is -2.62. The Kier molecular flexibility index (Phi) is 4.11. The number of nitrogens with zero attached hydrogens (tertiary/aromatic N) is 3. The van der Waals surface area contributed by atoms with Gasteiger partial charge in [-0.3, -0.25) is 4.99 Å². The normalized spacial score (nSPS) is 19.0. The average Bonchev–Trinajstić information content (AvgIpc) is 3.04. The van der Waals surface area contributed by atoms with Crippen molar-refractivity contribution in [3.63, 3.8) is 0 Å². The van der Waals surface area contributed by atoms with Crippen LogP contribution in [-0.4, -0.2) is 35.1 Å². The molecule has 5 nitrogen and oxygen atoms in total. The van der Waals surface area contributed by atoms with Gasteiger partial charge < -0.3 is 14.7 Å². The zero-order chi connectivity index (χ0) is 17.4. The first kappa shape index (κ1) is 16.6. The van der Waals surface area contributed by atoms with Crippen molar-refractivity contribution in [1.82, 2.24) is 15.4 Å². The quantitative estimate of drug-likeness (QED) is 0.692. The molecule has 2 aromatic rings. The molecule has 2 heterocycles. The second-order valence-corrected chi connectivity index (χ2v) is 7.48. The van der Waals surface area contributed by atoms with Crippen LogP contribution in [0.3, 0.4) is 0 Å². The number of hydrogen-bond donors (Lipinski definition) is 1. The van der Waals surface area contributed by atoms with Crippen molar-refractivity contribution in [3.8, 4) is 11.3 Å². The first-order valence-corrected chi connectivity index (χ1v) is 8.34. The van der Waals surface area contributed by atoms with Crippen molar-refractivity contribution in [2.24, 2.45) is 10.4 Å². The van der Waals surface area contributed by atoms with E-state index in [0.29, 0.717) is 6.54 Å². The van der Waals surface area contributed by atoms with Crippen LogP contribution in [-0.2, 0) is 6.54 Å². The van der Waals surface area contributed by atoms with Crippen LogP contribution in [0.1, 0.15) is 33.4 Å². The lowest BCUT2D eigenvalue weighted by Crippen LogP contribution is -2.72. The number of guanidine groups is 1. The predicted molar refractivity (Wildman–Crippen MR) is 96.7 cm³/mol. The Labute approximate surface area is 143 Å². The zero-order valence-corrected chi connectivity index (χ0v) is 15.1. The summed E-state index contributed by atoms with van der Waals surface area (Å²) in [5.74, 6) is 1.69. The van der Waals surface area contributed by atoms with E-state index in [1.807, 2.05) is 43.4 Å². The number of aliphatic imine (C=N–C) groups is 1. The number of benzene rings is 1. The average molecular weight is 326 g/mol. The number of aromatic nitrogens is 1. The molecule has 5 heteroatoms. The van der Waals surface area contributed by atoms with Crippen molar-refractivity contribution in [2.75, 3.05) is 13.6 Å². The smallest absolute Gasteiger partial charge is 0.194 e. The number of nitrogens with one attached hydrogen (secondary N) is 1. The standard InChI is InChI=1S/C19H26N4O/c1-18(2)13-23(19(18,3)4)17(20-5)21-12-15-11-16(24-22-15)14-9-7-6-8-10-14/h6-11H,12-13H2,1-5H3,(H,20,21). The van der Waals surface area contributed by atoms with Gasteiger partial charge in [0.25, 0.3) is 0 Å². The summed E-state index contributed by atoms with van der Waals surface area (Å²) in [5, 5.41) is 7.56. The zero-order valence-electron chi connectivity index (χ0n) is 15.1. The van der Waals surface area contributed by atoms with Gasteiger partial charge in [0.1, 0.15) is 5.69 Å². The molecule has 0 atom stereocenters. The van der Waals surface area contributed by atoms with Gasteiger partial charge in [-0.2, -0.15) is 0 Å². The second kappa shape index (κ2) is 5.96. The van der Waals surface area contributed by atoms with Crippen molar-refractivity contribution in [3.05, 3.63) is 42.1 Å². The molecule has 0 amide bonds. The number of hydrogen-bond acceptors (Lipinski definition) is 3. The van der Waals surface area contributed by atoms with Crippen molar-refractivity contribution in [2.45, 2.75) is 39.8 Å². The highest BCUT2D eigenvalue weighted by atomic mass is 16.5. The van der Waals surface area contributed by atoms with Crippen LogP contribution < -0.4 is 5.32 Å². The molecule has 0 aliphatic carbocycles. The molecule has 1 aromatic carbocycles. The van der Waals surface area contributed by atoms with Gasteiger partial charge in [0, 0.05) is 36.2 Å². The molecule has 0 unspecified atom stereocenters. The van der Waals surface area contributed by atoms with Crippen LogP contribution in [0, 0.1) is 5.41 Å². The molecule has 1 aliphatic rings. The Hall–Kier alpha value is -2.30. The van der Waals surface area contributed by atoms with Crippen LogP contribution in [0.15, 0.2) is 45.9 Å². The van der Waals surface area contributed by atoms with Gasteiger partial charge in [0.2, 0.25) is 0 Å². The number of rotatable bonds is 3. The summed E-state index contributed by atoms with van der Waals surface area (Å²) in [6, 6.07) is 12.0. The van der Waals surface area contributed by atoms with E-state index in [2.05, 4.69) is 48.1 Å². The molecule has 0 bridgehead atoms. The minimum Gasteiger partial charge on any atom is -0.356 e. The molecule has 0 spiro atoms. The van der Waals surface area contributed by atoms with E-state index in [1.165, 1.54) is 0 Å². The maximum atomic E-state index is 5.45. The Morgan fingerprint density at radius 3 is 2.54 bits per heavy atom. The molecule has 1 aliphatic heterocycles. The van der Waals surface area contributed by atoms with Crippen LogP contribution in [0.2, 0.25) is 0 Å². The summed E-state index contributed by atoms with van der Waals surface area (Å²) < 4.78 is 5.45. The summed E-state index contributed by atoms with van der Waals surface area (Å²) in [6.07, 6.45) is 0. The Bertz CT molecular complexity index is 731. The molecule has 24 heavy (non-hydrogen) atoms. The van der Waals surface area contributed by atoms with E-state index in [0.717, 1.165) is 29.5 Å². The summed E-state index contributed by atoms with van der Waals surface area (Å²) in [6.45, 7) is 10.7. The van der Waals surface area contributed by atoms with Gasteiger partial charge in [0.15, 0.2) is 11.7 Å². The van der Waals surface area contributed by atoms with Gasteiger partial charge in [-0.05, 0) is 13.8 Å². The summed E-state index contributed by atoms with van der Waals surface area (Å²) in [7, 11) is 1.82. The maximum absolute atomic E-state index is 5.45. The summed E-state index contributed by atoms with van der Waals surface area (Å²) in [4.78, 5) is 6.74. The van der Waals surface area contributed by atoms with E-state index >= 15 is 0 Å². The molecule has 0 radical (unpaired) electrons. The molecule has 1 saturated heterocycles. The third-order valence-corrected chi connectivity index (χ3v) is 5.40. The lowest BCUT2D eigenvalue weighted by molar-refractivity contribution is -0.0668. The van der Waals surface area contributed by atoms with Crippen molar-refractivity contribution >= 4 is 5.96 Å². The van der Waals surface area contributed by atoms with Crippen LogP contribution in [0.4, 0.5) is 0 Å². The van der Waals surface area contributed by atoms with Gasteiger partial charge >= 0.3 is 0 Å². The Morgan fingerprint density at radius 2 is 1.96 bits per heavy atom. The first-order valence-electron chi connectivity index (χ1n) is 8.34. The van der Waals surface area contributed by atoms with Gasteiger partial charge in [0.05, 0.1) is 6.54 Å². The van der Waals surface area contributed by atoms with E-state index in [-0.39, 0.29) is 11.0 Å². The Balaban J connectivity index is 1.65. The first-order chi connectivity index (χ1) is 11.3. The fourth-order valence-electron chi connectivity index (χ4n) is 3.00. The third kappa shape index (κ3) is 2.79. The SMILES string of the molecule is CN=C(NCc1cc(-c2ccccc2)on1)N1CC(C)(C)C1(C)C. The van der Waals surface area contributed by atoms with Crippen molar-refractivity contribution in [1.29, 1.82) is 0 Å². The van der Waals surface area contributed by atoms with E-state index in [4.69, 9.17) is 4.52 Å². The third-order valence-electron chi connectivity index (χ3n) is 5.40. The minimum absolute atomic E-state index is 0.0772. The van der Waals surface area contributed by atoms with E-state index in [9.17, 15) is 0 Å². The van der Waals surface area contributed by atoms with Gasteiger partial charge in [-0.15, -0.1) is 0 Å². The lowest BCUT2D eigenvalue weighted by atomic mass is 9.65. The van der Waals surface area contributed by atoms with Crippen LogP contribution >= 0.6 is 0 Å². The van der Waals surface area contributed by atoms with Crippen LogP contribution in [0.5, 0.6) is 0 Å². The highest BCUT2D eigenvalue weighted by Gasteiger charge is 2.53. The topological polar surface area (TPSA) is 53.7 Å². The Morgan fingerprint density at radius 1 is 1.25 bits per heavy atom. The number of likely N-dealkylation sites (tertiary alicyclic amines) is 1. The molecule has 1 fully saturated rings. The minimum atomic E-state index is 0.0772. The molecular weight excluding hydrogens is 300 g/mol.